The Bertz CT molecular complexity index is 518. The largest absolute Gasteiger partial charge is 0.483 e. The molecule has 1 unspecified atom stereocenters. The van der Waals surface area contributed by atoms with Gasteiger partial charge in [-0.2, -0.15) is 0 Å². The van der Waals surface area contributed by atoms with E-state index in [0.717, 1.165) is 35.0 Å². The van der Waals surface area contributed by atoms with Gasteiger partial charge in [0.1, 0.15) is 10.8 Å². The lowest BCUT2D eigenvalue weighted by Gasteiger charge is -2.05. The zero-order chi connectivity index (χ0) is 12.4. The number of fused-ring (bicyclic) bond motifs is 1. The second-order valence-corrected chi connectivity index (χ2v) is 5.72. The molecule has 5 heteroatoms. The fraction of sp³-hybridized carbons (Fsp3) is 0.385. The zero-order valence-corrected chi connectivity index (χ0v) is 11.4. The summed E-state index contributed by atoms with van der Waals surface area (Å²) in [6.07, 6.45) is 2.77. The molecule has 1 aliphatic heterocycles. The third-order valence-corrected chi connectivity index (χ3v) is 4.27. The summed E-state index contributed by atoms with van der Waals surface area (Å²) in [6, 6.07) is 8.14. The maximum atomic E-state index is 5.89. The number of para-hydroxylation sites is 1. The van der Waals surface area contributed by atoms with E-state index in [-0.39, 0.29) is 6.10 Å². The molecule has 2 aromatic rings. The summed E-state index contributed by atoms with van der Waals surface area (Å²) >= 11 is 7.31. The maximum Gasteiger partial charge on any atom is 0.158 e. The Labute approximate surface area is 115 Å². The first-order chi connectivity index (χ1) is 8.86. The highest BCUT2D eigenvalue weighted by Crippen LogP contribution is 2.37. The van der Waals surface area contributed by atoms with Crippen molar-refractivity contribution in [1.29, 1.82) is 0 Å². The molecular formula is C13H13ClN2OS. The quantitative estimate of drug-likeness (QED) is 0.805. The summed E-state index contributed by atoms with van der Waals surface area (Å²) < 4.78 is 5.89. The molecule has 0 bridgehead atoms. The standard InChI is InChI=1S/C13H13ClN2OS/c14-7-3-6-12-15-16-13(18-12)11-8-9-4-1-2-5-10(9)17-11/h1-2,4-5,11H,3,6-8H2. The van der Waals surface area contributed by atoms with Crippen molar-refractivity contribution in [1.82, 2.24) is 10.2 Å². The van der Waals surface area contributed by atoms with Gasteiger partial charge in [0.2, 0.25) is 0 Å². The molecule has 0 amide bonds. The Hall–Kier alpha value is -1.13. The lowest BCUT2D eigenvalue weighted by molar-refractivity contribution is 0.237. The zero-order valence-electron chi connectivity index (χ0n) is 9.80. The molecule has 2 heterocycles. The second-order valence-electron chi connectivity index (χ2n) is 4.24. The van der Waals surface area contributed by atoms with Crippen LogP contribution in [0.2, 0.25) is 0 Å². The molecule has 0 spiro atoms. The molecule has 18 heavy (non-hydrogen) atoms. The van der Waals surface area contributed by atoms with Crippen molar-refractivity contribution in [2.75, 3.05) is 5.88 Å². The lowest BCUT2D eigenvalue weighted by atomic mass is 10.1. The van der Waals surface area contributed by atoms with Gasteiger partial charge in [0.05, 0.1) is 0 Å². The molecule has 3 rings (SSSR count). The van der Waals surface area contributed by atoms with Crippen LogP contribution in [-0.2, 0) is 12.8 Å². The average molecular weight is 281 g/mol. The number of aryl methyl sites for hydroxylation is 1. The molecule has 0 N–H and O–H groups in total. The van der Waals surface area contributed by atoms with Gasteiger partial charge in [0, 0.05) is 18.7 Å². The van der Waals surface area contributed by atoms with E-state index >= 15 is 0 Å². The van der Waals surface area contributed by atoms with Crippen molar-refractivity contribution >= 4 is 22.9 Å². The number of aromatic nitrogens is 2. The topological polar surface area (TPSA) is 35.0 Å². The minimum atomic E-state index is 0.0321. The van der Waals surface area contributed by atoms with Gasteiger partial charge >= 0.3 is 0 Å². The Balaban J connectivity index is 1.72. The number of alkyl halides is 1. The van der Waals surface area contributed by atoms with Gasteiger partial charge in [-0.3, -0.25) is 0 Å². The van der Waals surface area contributed by atoms with Crippen LogP contribution >= 0.6 is 22.9 Å². The van der Waals surface area contributed by atoms with E-state index in [1.165, 1.54) is 5.56 Å². The van der Waals surface area contributed by atoms with Crippen molar-refractivity contribution in [3.05, 3.63) is 39.8 Å². The van der Waals surface area contributed by atoms with Gasteiger partial charge in [-0.25, -0.2) is 0 Å². The van der Waals surface area contributed by atoms with Crippen LogP contribution in [0.1, 0.15) is 28.1 Å². The van der Waals surface area contributed by atoms with E-state index in [0.29, 0.717) is 5.88 Å². The maximum absolute atomic E-state index is 5.89. The van der Waals surface area contributed by atoms with Crippen molar-refractivity contribution in [2.24, 2.45) is 0 Å². The van der Waals surface area contributed by atoms with Crippen molar-refractivity contribution < 1.29 is 4.74 Å². The Morgan fingerprint density at radius 1 is 1.33 bits per heavy atom. The van der Waals surface area contributed by atoms with Crippen LogP contribution < -0.4 is 4.74 Å². The Morgan fingerprint density at radius 2 is 2.22 bits per heavy atom. The van der Waals surface area contributed by atoms with Crippen LogP contribution in [0.5, 0.6) is 5.75 Å². The summed E-state index contributed by atoms with van der Waals surface area (Å²) in [5.41, 5.74) is 1.25. The number of nitrogens with zero attached hydrogens (tertiary/aromatic N) is 2. The predicted molar refractivity (Wildman–Crippen MR) is 72.5 cm³/mol. The molecule has 0 fully saturated rings. The van der Waals surface area contributed by atoms with Gasteiger partial charge < -0.3 is 4.74 Å². The molecule has 0 saturated carbocycles. The van der Waals surface area contributed by atoms with Crippen LogP contribution in [0.3, 0.4) is 0 Å². The normalized spacial score (nSPS) is 17.5. The van der Waals surface area contributed by atoms with Gasteiger partial charge in [-0.1, -0.05) is 29.5 Å². The van der Waals surface area contributed by atoms with Crippen LogP contribution in [-0.4, -0.2) is 16.1 Å². The molecule has 0 saturated heterocycles. The minimum absolute atomic E-state index is 0.0321. The first kappa shape index (κ1) is 11.9. The third kappa shape index (κ3) is 2.35. The summed E-state index contributed by atoms with van der Waals surface area (Å²) in [5, 5.41) is 10.4. The van der Waals surface area contributed by atoms with Crippen LogP contribution in [0.4, 0.5) is 0 Å². The summed E-state index contributed by atoms with van der Waals surface area (Å²) in [6.45, 7) is 0. The predicted octanol–water partition coefficient (Wildman–Crippen LogP) is 3.39. The summed E-state index contributed by atoms with van der Waals surface area (Å²) in [4.78, 5) is 0. The number of ether oxygens (including phenoxy) is 1. The number of halogens is 1. The lowest BCUT2D eigenvalue weighted by Crippen LogP contribution is -2.02. The van der Waals surface area contributed by atoms with E-state index in [4.69, 9.17) is 16.3 Å². The van der Waals surface area contributed by atoms with E-state index in [2.05, 4.69) is 16.3 Å². The second kappa shape index (κ2) is 5.24. The van der Waals surface area contributed by atoms with Crippen LogP contribution in [0.15, 0.2) is 24.3 Å². The highest BCUT2D eigenvalue weighted by Gasteiger charge is 2.26. The monoisotopic (exact) mass is 280 g/mol. The highest BCUT2D eigenvalue weighted by atomic mass is 35.5. The van der Waals surface area contributed by atoms with Gasteiger partial charge in [0.25, 0.3) is 0 Å². The fourth-order valence-electron chi connectivity index (χ4n) is 2.04. The van der Waals surface area contributed by atoms with E-state index in [1.807, 2.05) is 18.2 Å². The van der Waals surface area contributed by atoms with E-state index in [1.54, 1.807) is 11.3 Å². The molecule has 1 aromatic carbocycles. The minimum Gasteiger partial charge on any atom is -0.483 e. The molecule has 94 valence electrons. The molecule has 1 aromatic heterocycles. The van der Waals surface area contributed by atoms with Crippen molar-refractivity contribution in [3.63, 3.8) is 0 Å². The summed E-state index contributed by atoms with van der Waals surface area (Å²) in [7, 11) is 0. The summed E-state index contributed by atoms with van der Waals surface area (Å²) in [5.74, 6) is 1.64. The molecule has 0 radical (unpaired) electrons. The highest BCUT2D eigenvalue weighted by molar-refractivity contribution is 7.11. The average Bonchev–Trinajstić information content (AvgIpc) is 3.02. The first-order valence-corrected chi connectivity index (χ1v) is 7.34. The van der Waals surface area contributed by atoms with Crippen LogP contribution in [0, 0.1) is 0 Å². The van der Waals surface area contributed by atoms with Gasteiger partial charge in [-0.05, 0) is 18.1 Å². The molecular weight excluding hydrogens is 268 g/mol. The first-order valence-electron chi connectivity index (χ1n) is 5.99. The van der Waals surface area contributed by atoms with Crippen molar-refractivity contribution in [2.45, 2.75) is 25.4 Å². The van der Waals surface area contributed by atoms with Crippen LogP contribution in [0.25, 0.3) is 0 Å². The smallest absolute Gasteiger partial charge is 0.158 e. The fourth-order valence-corrected chi connectivity index (χ4v) is 3.08. The number of hydrogen-bond acceptors (Lipinski definition) is 4. The van der Waals surface area contributed by atoms with E-state index in [9.17, 15) is 0 Å². The van der Waals surface area contributed by atoms with Crippen molar-refractivity contribution in [3.8, 4) is 5.75 Å². The number of hydrogen-bond donors (Lipinski definition) is 0. The molecule has 0 aliphatic carbocycles. The third-order valence-electron chi connectivity index (χ3n) is 2.93. The molecule has 1 aliphatic rings. The van der Waals surface area contributed by atoms with E-state index < -0.39 is 0 Å². The Kier molecular flexibility index (Phi) is 3.48. The Morgan fingerprint density at radius 3 is 3.06 bits per heavy atom. The number of benzene rings is 1. The number of rotatable bonds is 4. The van der Waals surface area contributed by atoms with Gasteiger partial charge in [0.15, 0.2) is 11.1 Å². The SMILES string of the molecule is ClCCCc1nnc(C2Cc3ccccc3O2)s1. The van der Waals surface area contributed by atoms with Gasteiger partial charge in [-0.15, -0.1) is 21.8 Å². The molecule has 1 atom stereocenters. The molecule has 3 nitrogen and oxygen atoms in total.